The number of amides is 1. The number of benzene rings is 3. The summed E-state index contributed by atoms with van der Waals surface area (Å²) in [5.41, 5.74) is 2.14. The minimum atomic E-state index is -0.219. The number of aromatic nitrogens is 4. The molecule has 0 bridgehead atoms. The molecule has 0 fully saturated rings. The molecular weight excluding hydrogens is 430 g/mol. The van der Waals surface area contributed by atoms with E-state index < -0.39 is 0 Å². The van der Waals surface area contributed by atoms with Gasteiger partial charge in [-0.2, -0.15) is 10.1 Å². The Morgan fingerprint density at radius 3 is 2.24 bits per heavy atom. The third-order valence-electron chi connectivity index (χ3n) is 5.36. The zero-order valence-corrected chi connectivity index (χ0v) is 18.2. The fraction of sp³-hybridized carbons (Fsp3) is 0.115. The summed E-state index contributed by atoms with van der Waals surface area (Å²) in [5, 5.41) is 12.5. The molecule has 0 radical (unpaired) electrons. The number of hydrogen-bond acceptors (Lipinski definition) is 6. The highest BCUT2D eigenvalue weighted by Gasteiger charge is 2.19. The van der Waals surface area contributed by atoms with Crippen molar-refractivity contribution in [3.05, 3.63) is 112 Å². The maximum atomic E-state index is 13.0. The van der Waals surface area contributed by atoms with Crippen LogP contribution in [0.3, 0.4) is 0 Å². The molecular formula is C26H21N5O3. The van der Waals surface area contributed by atoms with Gasteiger partial charge in [-0.15, -0.1) is 0 Å². The topological polar surface area (TPSA) is 103 Å². The smallest absolute Gasteiger partial charge is 0.279 e. The summed E-state index contributed by atoms with van der Waals surface area (Å²) >= 11 is 0. The van der Waals surface area contributed by atoms with E-state index in [1.54, 1.807) is 18.2 Å². The molecule has 1 amide bonds. The van der Waals surface area contributed by atoms with Gasteiger partial charge in [0.15, 0.2) is 11.5 Å². The summed E-state index contributed by atoms with van der Waals surface area (Å²) in [6.45, 7) is 0.724. The van der Waals surface area contributed by atoms with Gasteiger partial charge in [-0.3, -0.25) is 9.59 Å². The predicted molar refractivity (Wildman–Crippen MR) is 127 cm³/mol. The zero-order chi connectivity index (χ0) is 23.3. The molecule has 5 rings (SSSR count). The Morgan fingerprint density at radius 1 is 0.853 bits per heavy atom. The van der Waals surface area contributed by atoms with Crippen LogP contribution in [0.5, 0.6) is 0 Å². The van der Waals surface area contributed by atoms with Crippen LogP contribution < -0.4 is 10.9 Å². The normalized spacial score (nSPS) is 10.9. The number of fused-ring (bicyclic) bond motifs is 1. The molecule has 0 saturated heterocycles. The van der Waals surface area contributed by atoms with Gasteiger partial charge in [0.25, 0.3) is 11.4 Å². The molecule has 8 heteroatoms. The van der Waals surface area contributed by atoms with Crippen LogP contribution in [-0.2, 0) is 24.3 Å². The Hall–Kier alpha value is -4.59. The van der Waals surface area contributed by atoms with Crippen LogP contribution in [-0.4, -0.2) is 25.8 Å². The molecule has 3 aromatic carbocycles. The Kier molecular flexibility index (Phi) is 5.94. The van der Waals surface area contributed by atoms with E-state index in [1.165, 1.54) is 4.68 Å². The molecule has 2 heterocycles. The maximum absolute atomic E-state index is 13.0. The predicted octanol–water partition coefficient (Wildman–Crippen LogP) is 3.35. The first-order valence-electron chi connectivity index (χ1n) is 10.8. The molecule has 0 aliphatic rings. The molecule has 8 nitrogen and oxygen atoms in total. The molecule has 34 heavy (non-hydrogen) atoms. The van der Waals surface area contributed by atoms with Gasteiger partial charge in [0.2, 0.25) is 5.91 Å². The molecule has 0 aliphatic heterocycles. The lowest BCUT2D eigenvalue weighted by molar-refractivity contribution is -0.120. The van der Waals surface area contributed by atoms with Crippen LogP contribution in [0.15, 0.2) is 94.2 Å². The van der Waals surface area contributed by atoms with Crippen LogP contribution in [0, 0.1) is 0 Å². The van der Waals surface area contributed by atoms with Crippen LogP contribution in [0.4, 0.5) is 0 Å². The fourth-order valence-corrected chi connectivity index (χ4v) is 3.68. The van der Waals surface area contributed by atoms with Gasteiger partial charge < -0.3 is 9.84 Å². The average molecular weight is 451 g/mol. The molecule has 1 N–H and O–H groups in total. The minimum Gasteiger partial charge on any atom is -0.352 e. The van der Waals surface area contributed by atoms with Crippen molar-refractivity contribution in [3.8, 4) is 11.6 Å². The molecule has 5 aromatic rings. The largest absolute Gasteiger partial charge is 0.352 e. The Labute approximate surface area is 194 Å². The van der Waals surface area contributed by atoms with Crippen molar-refractivity contribution < 1.29 is 9.32 Å². The first kappa shape index (κ1) is 21.3. The van der Waals surface area contributed by atoms with Crippen molar-refractivity contribution in [3.63, 3.8) is 0 Å². The first-order chi connectivity index (χ1) is 16.7. The monoisotopic (exact) mass is 451 g/mol. The van der Waals surface area contributed by atoms with Crippen molar-refractivity contribution in [2.45, 2.75) is 19.5 Å². The van der Waals surface area contributed by atoms with Crippen LogP contribution in [0.25, 0.3) is 22.4 Å². The molecule has 0 unspecified atom stereocenters. The van der Waals surface area contributed by atoms with Crippen molar-refractivity contribution in [1.29, 1.82) is 0 Å². The van der Waals surface area contributed by atoms with E-state index in [9.17, 15) is 9.59 Å². The lowest BCUT2D eigenvalue weighted by atomic mass is 10.1. The molecule has 2 aromatic heterocycles. The van der Waals surface area contributed by atoms with Gasteiger partial charge in [-0.1, -0.05) is 84.0 Å². The maximum Gasteiger partial charge on any atom is 0.279 e. The van der Waals surface area contributed by atoms with Gasteiger partial charge in [-0.05, 0) is 17.2 Å². The van der Waals surface area contributed by atoms with Gasteiger partial charge in [0.05, 0.1) is 18.4 Å². The van der Waals surface area contributed by atoms with Gasteiger partial charge in [0.1, 0.15) is 0 Å². The van der Waals surface area contributed by atoms with Crippen LogP contribution in [0.2, 0.25) is 0 Å². The molecule has 0 spiro atoms. The lowest BCUT2D eigenvalue weighted by Gasteiger charge is -2.09. The minimum absolute atomic E-state index is 0.0298. The zero-order valence-electron chi connectivity index (χ0n) is 18.2. The number of nitrogens with zero attached hydrogens (tertiary/aromatic N) is 4. The fourth-order valence-electron chi connectivity index (χ4n) is 3.68. The highest BCUT2D eigenvalue weighted by Crippen LogP contribution is 2.23. The molecule has 0 atom stereocenters. The standard InChI is InChI=1S/C26H21N5O3/c32-23(27-16-18-9-3-1-4-10-18)15-22-28-25(34-30-22)24-20-13-7-8-14-21(20)26(33)31(29-24)17-19-11-5-2-6-12-19/h1-14H,15-17H2,(H,27,32). The van der Waals surface area contributed by atoms with E-state index in [1.807, 2.05) is 66.7 Å². The summed E-state index contributed by atoms with van der Waals surface area (Å²) in [7, 11) is 0. The number of carbonyl (C=O) groups excluding carboxylic acids is 1. The van der Waals surface area contributed by atoms with E-state index >= 15 is 0 Å². The summed E-state index contributed by atoms with van der Waals surface area (Å²) in [4.78, 5) is 29.8. The average Bonchev–Trinajstić information content (AvgIpc) is 3.34. The van der Waals surface area contributed by atoms with Gasteiger partial charge in [-0.25, -0.2) is 4.68 Å². The van der Waals surface area contributed by atoms with E-state index in [0.717, 1.165) is 11.1 Å². The highest BCUT2D eigenvalue weighted by molar-refractivity contribution is 5.91. The van der Waals surface area contributed by atoms with Crippen molar-refractivity contribution in [2.75, 3.05) is 0 Å². The molecule has 168 valence electrons. The van der Waals surface area contributed by atoms with Crippen molar-refractivity contribution in [1.82, 2.24) is 25.2 Å². The summed E-state index contributed by atoms with van der Waals surface area (Å²) in [6.07, 6.45) is -0.0298. The number of rotatable bonds is 7. The number of hydrogen-bond donors (Lipinski definition) is 1. The Bertz CT molecular complexity index is 1490. The van der Waals surface area contributed by atoms with E-state index in [0.29, 0.717) is 29.6 Å². The van der Waals surface area contributed by atoms with E-state index in [4.69, 9.17) is 4.52 Å². The summed E-state index contributed by atoms with van der Waals surface area (Å²) in [6, 6.07) is 26.4. The van der Waals surface area contributed by atoms with Gasteiger partial charge >= 0.3 is 0 Å². The highest BCUT2D eigenvalue weighted by atomic mass is 16.5. The van der Waals surface area contributed by atoms with E-state index in [2.05, 4.69) is 20.6 Å². The van der Waals surface area contributed by atoms with Crippen LogP contribution >= 0.6 is 0 Å². The second-order valence-corrected chi connectivity index (χ2v) is 7.80. The number of carbonyl (C=O) groups is 1. The summed E-state index contributed by atoms with van der Waals surface area (Å²) < 4.78 is 6.84. The Morgan fingerprint density at radius 2 is 1.50 bits per heavy atom. The Balaban J connectivity index is 1.41. The van der Waals surface area contributed by atoms with Crippen molar-refractivity contribution >= 4 is 16.7 Å². The third-order valence-corrected chi connectivity index (χ3v) is 5.36. The van der Waals surface area contributed by atoms with Crippen LogP contribution in [0.1, 0.15) is 17.0 Å². The van der Waals surface area contributed by atoms with E-state index in [-0.39, 0.29) is 29.6 Å². The number of nitrogens with one attached hydrogen (secondary N) is 1. The SMILES string of the molecule is O=C(Cc1noc(-c2nn(Cc3ccccc3)c(=O)c3ccccc23)n1)NCc1ccccc1. The first-order valence-corrected chi connectivity index (χ1v) is 10.8. The quantitative estimate of drug-likeness (QED) is 0.407. The lowest BCUT2D eigenvalue weighted by Crippen LogP contribution is -2.25. The van der Waals surface area contributed by atoms with Gasteiger partial charge in [0, 0.05) is 11.9 Å². The molecule has 0 saturated carbocycles. The summed E-state index contributed by atoms with van der Waals surface area (Å²) in [5.74, 6) is 0.180. The van der Waals surface area contributed by atoms with Crippen molar-refractivity contribution in [2.24, 2.45) is 0 Å². The second-order valence-electron chi connectivity index (χ2n) is 7.80. The second kappa shape index (κ2) is 9.50. The third kappa shape index (κ3) is 4.61. The molecule has 0 aliphatic carbocycles.